The minimum atomic E-state index is -0.316. The standard InChI is InChI=1S/C24H30N2O4S/c1-24(2,3)17-8-10-18(11-9-17)26-22(27)20(19-7-6-16-31-19)21(23(26)28)25(12-14-29-4)13-15-30-5/h6-11,16H,12-15H2,1-5H3. The minimum Gasteiger partial charge on any atom is -0.383 e. The molecule has 0 saturated carbocycles. The van der Waals surface area contributed by atoms with E-state index in [2.05, 4.69) is 20.8 Å². The molecule has 1 aliphatic heterocycles. The molecule has 0 spiro atoms. The quantitative estimate of drug-likeness (QED) is 0.551. The van der Waals surface area contributed by atoms with Gasteiger partial charge < -0.3 is 14.4 Å². The molecule has 2 amide bonds. The third kappa shape index (κ3) is 4.89. The van der Waals surface area contributed by atoms with Crippen molar-refractivity contribution in [3.63, 3.8) is 0 Å². The number of hydrogen-bond donors (Lipinski definition) is 0. The highest BCUT2D eigenvalue weighted by Gasteiger charge is 2.42. The summed E-state index contributed by atoms with van der Waals surface area (Å²) in [6, 6.07) is 11.4. The predicted molar refractivity (Wildman–Crippen MR) is 124 cm³/mol. The lowest BCUT2D eigenvalue weighted by atomic mass is 9.87. The first kappa shape index (κ1) is 23.2. The summed E-state index contributed by atoms with van der Waals surface area (Å²) in [5, 5.41) is 1.91. The van der Waals surface area contributed by atoms with E-state index in [4.69, 9.17) is 9.47 Å². The number of hydrogen-bond acceptors (Lipinski definition) is 6. The van der Waals surface area contributed by atoms with Gasteiger partial charge in [-0.25, -0.2) is 4.90 Å². The largest absolute Gasteiger partial charge is 0.383 e. The van der Waals surface area contributed by atoms with Crippen LogP contribution in [0.25, 0.3) is 5.57 Å². The van der Waals surface area contributed by atoms with E-state index in [-0.39, 0.29) is 17.2 Å². The van der Waals surface area contributed by atoms with Crippen molar-refractivity contribution in [3.8, 4) is 0 Å². The normalized spacial score (nSPS) is 14.7. The zero-order valence-electron chi connectivity index (χ0n) is 18.8. The first-order valence-electron chi connectivity index (χ1n) is 10.3. The zero-order chi connectivity index (χ0) is 22.6. The second-order valence-corrected chi connectivity index (χ2v) is 9.36. The van der Waals surface area contributed by atoms with Gasteiger partial charge in [0, 0.05) is 32.2 Å². The fraction of sp³-hybridized carbons (Fsp3) is 0.417. The number of nitrogens with zero attached hydrogens (tertiary/aromatic N) is 2. The van der Waals surface area contributed by atoms with Crippen LogP contribution in [-0.4, -0.2) is 57.2 Å². The molecule has 31 heavy (non-hydrogen) atoms. The molecule has 0 unspecified atom stereocenters. The number of carbonyl (C=O) groups is 2. The summed E-state index contributed by atoms with van der Waals surface area (Å²) >= 11 is 1.45. The predicted octanol–water partition coefficient (Wildman–Crippen LogP) is 3.92. The Morgan fingerprint density at radius 2 is 1.55 bits per heavy atom. The molecule has 166 valence electrons. The van der Waals surface area contributed by atoms with Crippen LogP contribution in [0.2, 0.25) is 0 Å². The van der Waals surface area contributed by atoms with Crippen LogP contribution in [0.4, 0.5) is 5.69 Å². The molecular formula is C24H30N2O4S. The average Bonchev–Trinajstić information content (AvgIpc) is 3.34. The van der Waals surface area contributed by atoms with Gasteiger partial charge in [-0.1, -0.05) is 39.0 Å². The van der Waals surface area contributed by atoms with E-state index in [1.54, 1.807) is 14.2 Å². The minimum absolute atomic E-state index is 0.0137. The number of benzene rings is 1. The number of imide groups is 1. The zero-order valence-corrected chi connectivity index (χ0v) is 19.6. The summed E-state index contributed by atoms with van der Waals surface area (Å²) in [5.74, 6) is -0.616. The van der Waals surface area contributed by atoms with Crippen LogP contribution in [0.15, 0.2) is 47.5 Å². The number of methoxy groups -OCH3 is 2. The van der Waals surface area contributed by atoms with E-state index in [0.29, 0.717) is 43.3 Å². The first-order chi connectivity index (χ1) is 14.8. The van der Waals surface area contributed by atoms with Crippen molar-refractivity contribution < 1.29 is 19.1 Å². The fourth-order valence-corrected chi connectivity index (χ4v) is 4.30. The van der Waals surface area contributed by atoms with Gasteiger partial charge in [-0.05, 0) is 34.6 Å². The van der Waals surface area contributed by atoms with E-state index in [1.807, 2.05) is 46.7 Å². The molecule has 0 saturated heterocycles. The van der Waals surface area contributed by atoms with Crippen LogP contribution in [0.1, 0.15) is 31.2 Å². The Balaban J connectivity index is 2.04. The van der Waals surface area contributed by atoms with E-state index in [1.165, 1.54) is 16.2 Å². The summed E-state index contributed by atoms with van der Waals surface area (Å²) in [7, 11) is 3.24. The molecule has 1 aromatic heterocycles. The van der Waals surface area contributed by atoms with E-state index in [0.717, 1.165) is 10.4 Å². The Kier molecular flexibility index (Phi) is 7.30. The highest BCUT2D eigenvalue weighted by Crippen LogP contribution is 2.37. The molecule has 0 bridgehead atoms. The topological polar surface area (TPSA) is 59.1 Å². The molecule has 0 atom stereocenters. The number of ether oxygens (including phenoxy) is 2. The maximum absolute atomic E-state index is 13.6. The number of rotatable bonds is 9. The van der Waals surface area contributed by atoms with Gasteiger partial charge in [0.2, 0.25) is 0 Å². The first-order valence-corrected chi connectivity index (χ1v) is 11.2. The van der Waals surface area contributed by atoms with Gasteiger partial charge in [0.15, 0.2) is 0 Å². The lowest BCUT2D eigenvalue weighted by Gasteiger charge is -2.26. The molecule has 0 radical (unpaired) electrons. The van der Waals surface area contributed by atoms with E-state index >= 15 is 0 Å². The van der Waals surface area contributed by atoms with Gasteiger partial charge >= 0.3 is 0 Å². The highest BCUT2D eigenvalue weighted by molar-refractivity contribution is 7.11. The Labute approximate surface area is 188 Å². The molecule has 2 aromatic rings. The summed E-state index contributed by atoms with van der Waals surface area (Å²) in [6.45, 7) is 8.24. The third-order valence-corrected chi connectivity index (χ3v) is 6.15. The molecule has 6 nitrogen and oxygen atoms in total. The number of anilines is 1. The van der Waals surface area contributed by atoms with Gasteiger partial charge in [-0.2, -0.15) is 0 Å². The molecule has 7 heteroatoms. The van der Waals surface area contributed by atoms with Crippen molar-refractivity contribution in [2.75, 3.05) is 45.4 Å². The van der Waals surface area contributed by atoms with Gasteiger partial charge in [0.05, 0.1) is 24.5 Å². The number of thiophene rings is 1. The van der Waals surface area contributed by atoms with Crippen molar-refractivity contribution >= 4 is 34.4 Å². The summed E-state index contributed by atoms with van der Waals surface area (Å²) in [5.41, 5.74) is 2.54. The second-order valence-electron chi connectivity index (χ2n) is 8.42. The van der Waals surface area contributed by atoms with Crippen molar-refractivity contribution in [1.82, 2.24) is 4.90 Å². The van der Waals surface area contributed by atoms with E-state index < -0.39 is 0 Å². The molecule has 3 rings (SSSR count). The maximum atomic E-state index is 13.6. The Morgan fingerprint density at radius 1 is 0.935 bits per heavy atom. The number of carbonyl (C=O) groups excluding carboxylic acids is 2. The van der Waals surface area contributed by atoms with Crippen LogP contribution >= 0.6 is 11.3 Å². The smallest absolute Gasteiger partial charge is 0.282 e. The monoisotopic (exact) mass is 442 g/mol. The molecule has 1 aliphatic rings. The van der Waals surface area contributed by atoms with Gasteiger partial charge in [-0.15, -0.1) is 11.3 Å². The molecule has 2 heterocycles. The Morgan fingerprint density at radius 3 is 2.03 bits per heavy atom. The lowest BCUT2D eigenvalue weighted by molar-refractivity contribution is -0.120. The van der Waals surface area contributed by atoms with Crippen LogP contribution < -0.4 is 4.90 Å². The van der Waals surface area contributed by atoms with Gasteiger partial charge in [0.25, 0.3) is 11.8 Å². The summed E-state index contributed by atoms with van der Waals surface area (Å²) in [6.07, 6.45) is 0. The SMILES string of the molecule is COCCN(CCOC)C1=C(c2cccs2)C(=O)N(c2ccc(C(C)(C)C)cc2)C1=O. The summed E-state index contributed by atoms with van der Waals surface area (Å²) in [4.78, 5) is 31.1. The number of amides is 2. The van der Waals surface area contributed by atoms with Gasteiger partial charge in [0.1, 0.15) is 5.70 Å². The highest BCUT2D eigenvalue weighted by atomic mass is 32.1. The van der Waals surface area contributed by atoms with Crippen molar-refractivity contribution in [2.24, 2.45) is 0 Å². The van der Waals surface area contributed by atoms with E-state index in [9.17, 15) is 9.59 Å². The Hall–Kier alpha value is -2.48. The average molecular weight is 443 g/mol. The lowest BCUT2D eigenvalue weighted by Crippen LogP contribution is -2.37. The Bertz CT molecular complexity index is 935. The fourth-order valence-electron chi connectivity index (χ4n) is 3.54. The van der Waals surface area contributed by atoms with Crippen molar-refractivity contribution in [1.29, 1.82) is 0 Å². The molecule has 0 N–H and O–H groups in total. The van der Waals surface area contributed by atoms with Crippen LogP contribution in [-0.2, 0) is 24.5 Å². The van der Waals surface area contributed by atoms with Crippen LogP contribution in [0, 0.1) is 0 Å². The van der Waals surface area contributed by atoms with Crippen LogP contribution in [0.3, 0.4) is 0 Å². The third-order valence-electron chi connectivity index (χ3n) is 5.27. The van der Waals surface area contributed by atoms with Crippen molar-refractivity contribution in [2.45, 2.75) is 26.2 Å². The second kappa shape index (κ2) is 9.77. The molecule has 0 aliphatic carbocycles. The molecule has 0 fully saturated rings. The molecule has 1 aromatic carbocycles. The maximum Gasteiger partial charge on any atom is 0.282 e. The molecular weight excluding hydrogens is 412 g/mol. The van der Waals surface area contributed by atoms with Gasteiger partial charge in [-0.3, -0.25) is 9.59 Å². The van der Waals surface area contributed by atoms with Crippen LogP contribution in [0.5, 0.6) is 0 Å². The summed E-state index contributed by atoms with van der Waals surface area (Å²) < 4.78 is 10.5. The van der Waals surface area contributed by atoms with Crippen molar-refractivity contribution in [3.05, 3.63) is 57.9 Å².